The van der Waals surface area contributed by atoms with Crippen LogP contribution in [0.5, 0.6) is 0 Å². The van der Waals surface area contributed by atoms with Crippen molar-refractivity contribution in [3.05, 3.63) is 35.4 Å². The van der Waals surface area contributed by atoms with Crippen molar-refractivity contribution in [2.75, 3.05) is 6.54 Å². The predicted molar refractivity (Wildman–Crippen MR) is 74.2 cm³/mol. The molecule has 0 bridgehead atoms. The number of aryl methyl sites for hydroxylation is 1. The van der Waals surface area contributed by atoms with E-state index in [1.54, 1.807) is 0 Å². The Balaban J connectivity index is 2.16. The van der Waals surface area contributed by atoms with Gasteiger partial charge >= 0.3 is 0 Å². The van der Waals surface area contributed by atoms with Crippen molar-refractivity contribution < 1.29 is 0 Å². The maximum absolute atomic E-state index is 5.93. The molecule has 0 aliphatic heterocycles. The first-order chi connectivity index (χ1) is 8.35. The predicted octanol–water partition coefficient (Wildman–Crippen LogP) is 3.87. The van der Waals surface area contributed by atoms with Crippen molar-refractivity contribution in [1.82, 2.24) is 0 Å². The third-order valence-corrected chi connectivity index (χ3v) is 4.13. The van der Waals surface area contributed by atoms with Gasteiger partial charge in [0.25, 0.3) is 0 Å². The van der Waals surface area contributed by atoms with Crippen LogP contribution in [0.2, 0.25) is 0 Å². The Morgan fingerprint density at radius 2 is 2.06 bits per heavy atom. The van der Waals surface area contributed by atoms with Crippen molar-refractivity contribution >= 4 is 0 Å². The number of hydrogen-bond acceptors (Lipinski definition) is 1. The first-order valence-electron chi connectivity index (χ1n) is 7.14. The second-order valence-electron chi connectivity index (χ2n) is 5.38. The highest BCUT2D eigenvalue weighted by Gasteiger charge is 2.25. The van der Waals surface area contributed by atoms with Crippen LogP contribution in [0.3, 0.4) is 0 Å². The largest absolute Gasteiger partial charge is 0.330 e. The average Bonchev–Trinajstić information content (AvgIpc) is 2.39. The fraction of sp³-hybridized carbons (Fsp3) is 0.625. The summed E-state index contributed by atoms with van der Waals surface area (Å²) in [7, 11) is 0. The van der Waals surface area contributed by atoms with Gasteiger partial charge in [0.2, 0.25) is 0 Å². The summed E-state index contributed by atoms with van der Waals surface area (Å²) in [5.41, 5.74) is 8.95. The quantitative estimate of drug-likeness (QED) is 0.836. The van der Waals surface area contributed by atoms with Gasteiger partial charge < -0.3 is 5.73 Å². The van der Waals surface area contributed by atoms with Crippen molar-refractivity contribution in [3.8, 4) is 0 Å². The molecule has 17 heavy (non-hydrogen) atoms. The zero-order valence-corrected chi connectivity index (χ0v) is 11.0. The van der Waals surface area contributed by atoms with Crippen LogP contribution in [0.1, 0.15) is 56.1 Å². The Morgan fingerprint density at radius 1 is 1.24 bits per heavy atom. The molecular formula is C16H25N. The molecule has 0 aromatic heterocycles. The SMILES string of the molecule is CCCc1cccc(C2CCCCC2CN)c1. The van der Waals surface area contributed by atoms with Gasteiger partial charge in [0.05, 0.1) is 0 Å². The summed E-state index contributed by atoms with van der Waals surface area (Å²) in [5, 5.41) is 0. The van der Waals surface area contributed by atoms with E-state index in [1.807, 2.05) is 0 Å². The van der Waals surface area contributed by atoms with E-state index >= 15 is 0 Å². The summed E-state index contributed by atoms with van der Waals surface area (Å²) in [6, 6.07) is 9.20. The van der Waals surface area contributed by atoms with Gasteiger partial charge in [-0.15, -0.1) is 0 Å². The molecule has 0 amide bonds. The summed E-state index contributed by atoms with van der Waals surface area (Å²) < 4.78 is 0. The molecule has 1 heteroatoms. The molecule has 2 atom stereocenters. The van der Waals surface area contributed by atoms with Crippen LogP contribution in [0.4, 0.5) is 0 Å². The highest BCUT2D eigenvalue weighted by molar-refractivity contribution is 5.27. The Bertz CT molecular complexity index is 345. The molecule has 0 spiro atoms. The second kappa shape index (κ2) is 6.20. The van der Waals surface area contributed by atoms with Gasteiger partial charge in [-0.05, 0) is 48.8 Å². The van der Waals surface area contributed by atoms with Crippen LogP contribution < -0.4 is 5.73 Å². The minimum Gasteiger partial charge on any atom is -0.330 e. The fourth-order valence-corrected chi connectivity index (χ4v) is 3.20. The lowest BCUT2D eigenvalue weighted by atomic mass is 9.75. The Labute approximate surface area is 105 Å². The highest BCUT2D eigenvalue weighted by atomic mass is 14.6. The van der Waals surface area contributed by atoms with Crippen LogP contribution in [0.15, 0.2) is 24.3 Å². The molecule has 1 nitrogen and oxygen atoms in total. The standard InChI is InChI=1S/C16H25N/c1-2-6-13-7-5-9-14(11-13)16-10-4-3-8-15(16)12-17/h5,7,9,11,15-16H,2-4,6,8,10,12,17H2,1H3. The topological polar surface area (TPSA) is 26.0 Å². The van der Waals surface area contributed by atoms with E-state index in [4.69, 9.17) is 5.73 Å². The molecule has 1 aromatic carbocycles. The van der Waals surface area contributed by atoms with E-state index in [-0.39, 0.29) is 0 Å². The molecule has 94 valence electrons. The molecule has 0 saturated heterocycles. The van der Waals surface area contributed by atoms with E-state index in [9.17, 15) is 0 Å². The van der Waals surface area contributed by atoms with Gasteiger partial charge in [-0.2, -0.15) is 0 Å². The number of benzene rings is 1. The van der Waals surface area contributed by atoms with E-state index in [2.05, 4.69) is 31.2 Å². The van der Waals surface area contributed by atoms with Gasteiger partial charge in [-0.1, -0.05) is 50.5 Å². The van der Waals surface area contributed by atoms with Crippen molar-refractivity contribution in [3.63, 3.8) is 0 Å². The van der Waals surface area contributed by atoms with E-state index in [0.29, 0.717) is 11.8 Å². The second-order valence-corrected chi connectivity index (χ2v) is 5.38. The fourth-order valence-electron chi connectivity index (χ4n) is 3.20. The lowest BCUT2D eigenvalue weighted by Gasteiger charge is -2.31. The Morgan fingerprint density at radius 3 is 2.82 bits per heavy atom. The van der Waals surface area contributed by atoms with Gasteiger partial charge in [0.1, 0.15) is 0 Å². The number of nitrogens with two attached hydrogens (primary N) is 1. The van der Waals surface area contributed by atoms with Gasteiger partial charge in [-0.25, -0.2) is 0 Å². The summed E-state index contributed by atoms with van der Waals surface area (Å²) in [4.78, 5) is 0. The van der Waals surface area contributed by atoms with Crippen LogP contribution in [-0.2, 0) is 6.42 Å². The monoisotopic (exact) mass is 231 g/mol. The maximum atomic E-state index is 5.93. The average molecular weight is 231 g/mol. The van der Waals surface area contributed by atoms with E-state index in [0.717, 1.165) is 6.54 Å². The van der Waals surface area contributed by atoms with Crippen molar-refractivity contribution in [2.24, 2.45) is 11.7 Å². The molecule has 1 saturated carbocycles. The Hall–Kier alpha value is -0.820. The smallest absolute Gasteiger partial charge is 0.00430 e. The maximum Gasteiger partial charge on any atom is -0.00430 e. The third-order valence-electron chi connectivity index (χ3n) is 4.13. The summed E-state index contributed by atoms with van der Waals surface area (Å²) in [6.07, 6.45) is 7.82. The molecule has 1 aliphatic rings. The molecular weight excluding hydrogens is 206 g/mol. The van der Waals surface area contributed by atoms with Crippen LogP contribution >= 0.6 is 0 Å². The lowest BCUT2D eigenvalue weighted by Crippen LogP contribution is -2.25. The van der Waals surface area contributed by atoms with E-state index in [1.165, 1.54) is 49.7 Å². The zero-order chi connectivity index (χ0) is 12.1. The first kappa shape index (κ1) is 12.6. The zero-order valence-electron chi connectivity index (χ0n) is 11.0. The third kappa shape index (κ3) is 3.10. The highest BCUT2D eigenvalue weighted by Crippen LogP contribution is 2.37. The van der Waals surface area contributed by atoms with Crippen LogP contribution in [0, 0.1) is 5.92 Å². The van der Waals surface area contributed by atoms with Crippen LogP contribution in [-0.4, -0.2) is 6.54 Å². The first-order valence-corrected chi connectivity index (χ1v) is 7.14. The molecule has 1 fully saturated rings. The van der Waals surface area contributed by atoms with Gasteiger partial charge in [0.15, 0.2) is 0 Å². The number of hydrogen-bond donors (Lipinski definition) is 1. The van der Waals surface area contributed by atoms with Crippen molar-refractivity contribution in [2.45, 2.75) is 51.4 Å². The molecule has 2 rings (SSSR count). The minimum atomic E-state index is 0.709. The summed E-state index contributed by atoms with van der Waals surface area (Å²) in [6.45, 7) is 3.10. The Kier molecular flexibility index (Phi) is 4.61. The summed E-state index contributed by atoms with van der Waals surface area (Å²) >= 11 is 0. The van der Waals surface area contributed by atoms with Gasteiger partial charge in [-0.3, -0.25) is 0 Å². The van der Waals surface area contributed by atoms with Gasteiger partial charge in [0, 0.05) is 0 Å². The van der Waals surface area contributed by atoms with E-state index < -0.39 is 0 Å². The van der Waals surface area contributed by atoms with Crippen LogP contribution in [0.25, 0.3) is 0 Å². The normalized spacial score (nSPS) is 24.8. The molecule has 2 unspecified atom stereocenters. The van der Waals surface area contributed by atoms with Crippen molar-refractivity contribution in [1.29, 1.82) is 0 Å². The number of rotatable bonds is 4. The summed E-state index contributed by atoms with van der Waals surface area (Å²) in [5.74, 6) is 1.42. The molecule has 0 heterocycles. The molecule has 1 aromatic rings. The molecule has 0 radical (unpaired) electrons. The minimum absolute atomic E-state index is 0.709. The lowest BCUT2D eigenvalue weighted by molar-refractivity contribution is 0.314. The molecule has 2 N–H and O–H groups in total. The molecule has 1 aliphatic carbocycles.